The summed E-state index contributed by atoms with van der Waals surface area (Å²) in [5.41, 5.74) is 2.91. The maximum Gasteiger partial charge on any atom is 0.132 e. The molecule has 1 N–H and O–H groups in total. The van der Waals surface area contributed by atoms with E-state index in [4.69, 9.17) is 0 Å². The molecular weight excluding hydrogens is 220 g/mol. The Kier molecular flexibility index (Phi) is 3.69. The van der Waals surface area contributed by atoms with Crippen LogP contribution in [0.4, 0.5) is 0 Å². The smallest absolute Gasteiger partial charge is 0.132 e. The summed E-state index contributed by atoms with van der Waals surface area (Å²) >= 11 is 1.62. The molecule has 0 saturated carbocycles. The zero-order valence-corrected chi connectivity index (χ0v) is 10.4. The molecule has 4 nitrogen and oxygen atoms in total. The summed E-state index contributed by atoms with van der Waals surface area (Å²) in [6.45, 7) is 6.05. The van der Waals surface area contributed by atoms with Crippen molar-refractivity contribution in [2.24, 2.45) is 0 Å². The van der Waals surface area contributed by atoms with Crippen molar-refractivity contribution in [2.75, 3.05) is 6.54 Å². The second-order valence-electron chi connectivity index (χ2n) is 3.48. The fraction of sp³-hybridized carbons (Fsp3) is 0.455. The Hall–Kier alpha value is -1.20. The lowest BCUT2D eigenvalue weighted by Gasteiger charge is -2.16. The van der Waals surface area contributed by atoms with Gasteiger partial charge in [-0.1, -0.05) is 6.92 Å². The van der Waals surface area contributed by atoms with Crippen LogP contribution in [0.1, 0.15) is 31.4 Å². The molecule has 2 rings (SSSR count). The van der Waals surface area contributed by atoms with Crippen molar-refractivity contribution in [3.8, 4) is 0 Å². The van der Waals surface area contributed by atoms with Crippen molar-refractivity contribution in [1.82, 2.24) is 19.9 Å². The Morgan fingerprint density at radius 3 is 2.94 bits per heavy atom. The van der Waals surface area contributed by atoms with Crippen molar-refractivity contribution in [1.29, 1.82) is 0 Å². The van der Waals surface area contributed by atoms with Gasteiger partial charge in [-0.3, -0.25) is 0 Å². The van der Waals surface area contributed by atoms with Gasteiger partial charge in [0, 0.05) is 24.3 Å². The number of aryl methyl sites for hydroxylation is 1. The molecule has 86 valence electrons. The fourth-order valence-electron chi connectivity index (χ4n) is 1.75. The van der Waals surface area contributed by atoms with Crippen LogP contribution in [-0.4, -0.2) is 21.1 Å². The largest absolute Gasteiger partial charge is 0.334 e. The van der Waals surface area contributed by atoms with Gasteiger partial charge in [0.2, 0.25) is 0 Å². The summed E-state index contributed by atoms with van der Waals surface area (Å²) in [6, 6.07) is 0.103. The van der Waals surface area contributed by atoms with E-state index in [1.54, 1.807) is 11.3 Å². The molecule has 0 saturated heterocycles. The van der Waals surface area contributed by atoms with Crippen LogP contribution in [0, 0.1) is 0 Å². The zero-order valence-electron chi connectivity index (χ0n) is 9.55. The molecule has 2 aromatic rings. The lowest BCUT2D eigenvalue weighted by Crippen LogP contribution is -2.25. The van der Waals surface area contributed by atoms with Crippen LogP contribution in [0.25, 0.3) is 0 Å². The van der Waals surface area contributed by atoms with Crippen molar-refractivity contribution in [3.05, 3.63) is 34.8 Å². The Labute approximate surface area is 99.4 Å². The lowest BCUT2D eigenvalue weighted by molar-refractivity contribution is 0.550. The average Bonchev–Trinajstić information content (AvgIpc) is 2.96. The monoisotopic (exact) mass is 236 g/mol. The molecule has 0 fully saturated rings. The second-order valence-corrected chi connectivity index (χ2v) is 4.19. The van der Waals surface area contributed by atoms with E-state index in [2.05, 4.69) is 39.1 Å². The van der Waals surface area contributed by atoms with Gasteiger partial charge >= 0.3 is 0 Å². The van der Waals surface area contributed by atoms with Crippen molar-refractivity contribution in [2.45, 2.75) is 26.4 Å². The zero-order chi connectivity index (χ0) is 11.4. The van der Waals surface area contributed by atoms with Gasteiger partial charge in [0.1, 0.15) is 11.9 Å². The highest BCUT2D eigenvalue weighted by Gasteiger charge is 2.19. The number of nitrogens with zero attached hydrogens (tertiary/aromatic N) is 3. The Balaban J connectivity index is 2.33. The number of hydrogen-bond donors (Lipinski definition) is 1. The number of aromatic nitrogens is 3. The van der Waals surface area contributed by atoms with Gasteiger partial charge in [0.15, 0.2) is 0 Å². The highest BCUT2D eigenvalue weighted by Crippen LogP contribution is 2.20. The van der Waals surface area contributed by atoms with E-state index in [1.807, 2.05) is 17.9 Å². The summed E-state index contributed by atoms with van der Waals surface area (Å²) in [7, 11) is 0. The summed E-state index contributed by atoms with van der Waals surface area (Å²) in [6.07, 6.45) is 3.85. The highest BCUT2D eigenvalue weighted by atomic mass is 32.1. The molecule has 0 aliphatic rings. The number of nitrogens with one attached hydrogen (secondary N) is 1. The SMILES string of the molecule is CCNC(c1cscn1)c1nccn1CC. The quantitative estimate of drug-likeness (QED) is 0.864. The predicted octanol–water partition coefficient (Wildman–Crippen LogP) is 2.06. The Morgan fingerprint density at radius 1 is 1.44 bits per heavy atom. The molecule has 1 unspecified atom stereocenters. The number of imidazole rings is 1. The minimum atomic E-state index is 0.103. The number of thiazole rings is 1. The topological polar surface area (TPSA) is 42.7 Å². The van der Waals surface area contributed by atoms with E-state index >= 15 is 0 Å². The van der Waals surface area contributed by atoms with Crippen LogP contribution >= 0.6 is 11.3 Å². The van der Waals surface area contributed by atoms with E-state index in [9.17, 15) is 0 Å². The van der Waals surface area contributed by atoms with Crippen LogP contribution < -0.4 is 5.32 Å². The van der Waals surface area contributed by atoms with Crippen molar-refractivity contribution in [3.63, 3.8) is 0 Å². The minimum Gasteiger partial charge on any atom is -0.334 e. The normalized spacial score (nSPS) is 12.9. The summed E-state index contributed by atoms with van der Waals surface area (Å²) in [4.78, 5) is 8.80. The van der Waals surface area contributed by atoms with Crippen LogP contribution in [0.5, 0.6) is 0 Å². The maximum absolute atomic E-state index is 4.43. The molecule has 1 atom stereocenters. The van der Waals surface area contributed by atoms with Crippen LogP contribution in [0.15, 0.2) is 23.3 Å². The molecule has 0 bridgehead atoms. The van der Waals surface area contributed by atoms with Gasteiger partial charge in [-0.2, -0.15) is 0 Å². The van der Waals surface area contributed by atoms with Crippen LogP contribution in [-0.2, 0) is 6.54 Å². The molecule has 2 heterocycles. The van der Waals surface area contributed by atoms with Gasteiger partial charge < -0.3 is 9.88 Å². The molecule has 5 heteroatoms. The van der Waals surface area contributed by atoms with E-state index in [0.717, 1.165) is 24.6 Å². The van der Waals surface area contributed by atoms with Crippen molar-refractivity contribution < 1.29 is 0 Å². The Bertz CT molecular complexity index is 421. The van der Waals surface area contributed by atoms with E-state index in [1.165, 1.54) is 0 Å². The fourth-order valence-corrected chi connectivity index (χ4v) is 2.32. The first-order valence-corrected chi connectivity index (χ1v) is 6.43. The summed E-state index contributed by atoms with van der Waals surface area (Å²) < 4.78 is 2.15. The predicted molar refractivity (Wildman–Crippen MR) is 65.5 cm³/mol. The molecule has 0 amide bonds. The summed E-state index contributed by atoms with van der Waals surface area (Å²) in [5, 5.41) is 5.49. The number of rotatable bonds is 5. The minimum absolute atomic E-state index is 0.103. The Morgan fingerprint density at radius 2 is 2.31 bits per heavy atom. The van der Waals surface area contributed by atoms with Gasteiger partial charge in [-0.25, -0.2) is 9.97 Å². The molecule has 16 heavy (non-hydrogen) atoms. The first-order valence-electron chi connectivity index (χ1n) is 5.49. The standard InChI is InChI=1S/C11H16N4S/c1-3-12-10(9-7-16-8-14-9)11-13-5-6-15(11)4-2/h5-8,10,12H,3-4H2,1-2H3. The third-order valence-corrected chi connectivity index (χ3v) is 3.11. The molecule has 0 aliphatic heterocycles. The second kappa shape index (κ2) is 5.23. The van der Waals surface area contributed by atoms with E-state index in [-0.39, 0.29) is 6.04 Å². The molecule has 0 radical (unpaired) electrons. The van der Waals surface area contributed by atoms with Gasteiger partial charge in [0.05, 0.1) is 11.2 Å². The van der Waals surface area contributed by atoms with Crippen molar-refractivity contribution >= 4 is 11.3 Å². The van der Waals surface area contributed by atoms with Gasteiger partial charge in [0.25, 0.3) is 0 Å². The molecule has 0 aliphatic carbocycles. The van der Waals surface area contributed by atoms with E-state index in [0.29, 0.717) is 0 Å². The average molecular weight is 236 g/mol. The lowest BCUT2D eigenvalue weighted by atomic mass is 10.2. The summed E-state index contributed by atoms with van der Waals surface area (Å²) in [5.74, 6) is 1.04. The maximum atomic E-state index is 4.43. The first kappa shape index (κ1) is 11.3. The van der Waals surface area contributed by atoms with Gasteiger partial charge in [-0.05, 0) is 13.5 Å². The molecule has 2 aromatic heterocycles. The third-order valence-electron chi connectivity index (χ3n) is 2.50. The van der Waals surface area contributed by atoms with Gasteiger partial charge in [-0.15, -0.1) is 11.3 Å². The molecule has 0 aromatic carbocycles. The molecular formula is C11H16N4S. The van der Waals surface area contributed by atoms with E-state index < -0.39 is 0 Å². The number of hydrogen-bond acceptors (Lipinski definition) is 4. The van der Waals surface area contributed by atoms with Crippen LogP contribution in [0.2, 0.25) is 0 Å². The highest BCUT2D eigenvalue weighted by molar-refractivity contribution is 7.07. The molecule has 0 spiro atoms. The third kappa shape index (κ3) is 2.15. The van der Waals surface area contributed by atoms with Crippen LogP contribution in [0.3, 0.4) is 0 Å². The first-order chi connectivity index (χ1) is 7.86.